The van der Waals surface area contributed by atoms with Crippen molar-refractivity contribution >= 4 is 12.2 Å². The van der Waals surface area contributed by atoms with E-state index in [4.69, 9.17) is 4.74 Å². The minimum Gasteiger partial charge on any atom is -0.388 e. The molecule has 0 bridgehead atoms. The number of nitrogens with one attached hydrogen (secondary N) is 1. The maximum Gasteiger partial charge on any atom is 0.208 e. The van der Waals surface area contributed by atoms with E-state index in [9.17, 15) is 9.59 Å². The molecule has 21 heavy (non-hydrogen) atoms. The van der Waals surface area contributed by atoms with Gasteiger partial charge in [-0.1, -0.05) is 30.3 Å². The van der Waals surface area contributed by atoms with E-state index >= 15 is 0 Å². The molecule has 1 aromatic carbocycles. The monoisotopic (exact) mass is 294 g/mol. The number of morpholine rings is 1. The largest absolute Gasteiger partial charge is 0.388 e. The first-order chi connectivity index (χ1) is 10.2. The molecular weight excluding hydrogens is 272 g/mol. The number of hydrogen-bond acceptors (Lipinski definition) is 5. The van der Waals surface area contributed by atoms with Gasteiger partial charge in [0.15, 0.2) is 5.78 Å². The zero-order valence-corrected chi connectivity index (χ0v) is 12.5. The second-order valence-electron chi connectivity index (χ2n) is 4.47. The van der Waals surface area contributed by atoms with Gasteiger partial charge in [0.1, 0.15) is 6.17 Å². The SMILES string of the molecule is COC.O=CNC(C(=O)c1ccccc1)N1CCOCC1. The summed E-state index contributed by atoms with van der Waals surface area (Å²) in [6.45, 7) is 2.45. The third-order valence-corrected chi connectivity index (χ3v) is 2.94. The Kier molecular flexibility index (Phi) is 8.27. The lowest BCUT2D eigenvalue weighted by molar-refractivity contribution is -0.111. The van der Waals surface area contributed by atoms with Crippen LogP contribution in [0.4, 0.5) is 0 Å². The van der Waals surface area contributed by atoms with Crippen LogP contribution in [0.15, 0.2) is 30.3 Å². The molecule has 1 aliphatic rings. The summed E-state index contributed by atoms with van der Waals surface area (Å²) in [7, 11) is 3.25. The highest BCUT2D eigenvalue weighted by Crippen LogP contribution is 2.09. The van der Waals surface area contributed by atoms with Gasteiger partial charge in [-0.2, -0.15) is 0 Å². The van der Waals surface area contributed by atoms with Crippen molar-refractivity contribution in [2.24, 2.45) is 0 Å². The highest BCUT2D eigenvalue weighted by Gasteiger charge is 2.27. The predicted octanol–water partition coefficient (Wildman–Crippen LogP) is 0.536. The first kappa shape index (κ1) is 17.3. The van der Waals surface area contributed by atoms with Gasteiger partial charge < -0.3 is 14.8 Å². The van der Waals surface area contributed by atoms with Crippen molar-refractivity contribution in [3.63, 3.8) is 0 Å². The summed E-state index contributed by atoms with van der Waals surface area (Å²) >= 11 is 0. The molecule has 1 heterocycles. The number of carbonyl (C=O) groups is 2. The minimum atomic E-state index is -0.603. The lowest BCUT2D eigenvalue weighted by Gasteiger charge is -2.32. The molecule has 116 valence electrons. The Morgan fingerprint density at radius 2 is 1.86 bits per heavy atom. The maximum absolute atomic E-state index is 12.3. The van der Waals surface area contributed by atoms with E-state index in [0.717, 1.165) is 0 Å². The van der Waals surface area contributed by atoms with Crippen molar-refractivity contribution in [1.29, 1.82) is 0 Å². The molecule has 1 aromatic rings. The summed E-state index contributed by atoms with van der Waals surface area (Å²) in [5, 5.41) is 2.59. The molecule has 1 unspecified atom stereocenters. The van der Waals surface area contributed by atoms with Crippen LogP contribution in [0, 0.1) is 0 Å². The van der Waals surface area contributed by atoms with Gasteiger partial charge in [0.2, 0.25) is 6.41 Å². The summed E-state index contributed by atoms with van der Waals surface area (Å²) in [6, 6.07) is 8.98. The molecule has 0 spiro atoms. The van der Waals surface area contributed by atoms with E-state index in [0.29, 0.717) is 38.3 Å². The van der Waals surface area contributed by atoms with Crippen molar-refractivity contribution < 1.29 is 19.1 Å². The lowest BCUT2D eigenvalue weighted by Crippen LogP contribution is -2.54. The van der Waals surface area contributed by atoms with Crippen LogP contribution in [-0.2, 0) is 14.3 Å². The molecule has 2 rings (SSSR count). The van der Waals surface area contributed by atoms with E-state index in [-0.39, 0.29) is 5.78 Å². The molecule has 0 aliphatic carbocycles. The number of rotatable bonds is 5. The van der Waals surface area contributed by atoms with Gasteiger partial charge in [-0.3, -0.25) is 14.5 Å². The van der Waals surface area contributed by atoms with Crippen LogP contribution in [0.3, 0.4) is 0 Å². The number of Topliss-reactive ketones (excluding diaryl/α,β-unsaturated/α-hetero) is 1. The zero-order valence-electron chi connectivity index (χ0n) is 12.5. The van der Waals surface area contributed by atoms with E-state index in [1.165, 1.54) is 0 Å². The maximum atomic E-state index is 12.3. The van der Waals surface area contributed by atoms with Gasteiger partial charge in [0, 0.05) is 32.9 Å². The van der Waals surface area contributed by atoms with Crippen molar-refractivity contribution in [1.82, 2.24) is 10.2 Å². The number of carbonyl (C=O) groups excluding carboxylic acids is 2. The Morgan fingerprint density at radius 3 is 2.38 bits per heavy atom. The lowest BCUT2D eigenvalue weighted by atomic mass is 10.1. The highest BCUT2D eigenvalue weighted by atomic mass is 16.5. The second-order valence-corrected chi connectivity index (χ2v) is 4.47. The summed E-state index contributed by atoms with van der Waals surface area (Å²) in [4.78, 5) is 24.9. The summed E-state index contributed by atoms with van der Waals surface area (Å²) < 4.78 is 9.49. The number of hydrogen-bond donors (Lipinski definition) is 1. The fraction of sp³-hybridized carbons (Fsp3) is 0.467. The van der Waals surface area contributed by atoms with Gasteiger partial charge in [-0.05, 0) is 0 Å². The highest BCUT2D eigenvalue weighted by molar-refractivity contribution is 6.00. The van der Waals surface area contributed by atoms with Crippen molar-refractivity contribution in [3.05, 3.63) is 35.9 Å². The fourth-order valence-corrected chi connectivity index (χ4v) is 2.01. The van der Waals surface area contributed by atoms with Crippen molar-refractivity contribution in [2.45, 2.75) is 6.17 Å². The number of amides is 1. The smallest absolute Gasteiger partial charge is 0.208 e. The average Bonchev–Trinajstić information content (AvgIpc) is 2.54. The van der Waals surface area contributed by atoms with Gasteiger partial charge in [0.25, 0.3) is 0 Å². The Hall–Kier alpha value is -1.76. The molecule has 0 aromatic heterocycles. The molecule has 0 saturated carbocycles. The molecule has 1 amide bonds. The summed E-state index contributed by atoms with van der Waals surface area (Å²) in [5.74, 6) is -0.0930. The van der Waals surface area contributed by atoms with Crippen LogP contribution in [0.5, 0.6) is 0 Å². The molecule has 1 N–H and O–H groups in total. The van der Waals surface area contributed by atoms with Crippen LogP contribution in [0.1, 0.15) is 10.4 Å². The number of nitrogens with zero attached hydrogens (tertiary/aromatic N) is 1. The van der Waals surface area contributed by atoms with Crippen molar-refractivity contribution in [3.8, 4) is 0 Å². The molecule has 1 saturated heterocycles. The van der Waals surface area contributed by atoms with E-state index in [1.54, 1.807) is 26.4 Å². The topological polar surface area (TPSA) is 67.9 Å². The zero-order chi connectivity index (χ0) is 15.5. The molecule has 6 heteroatoms. The minimum absolute atomic E-state index is 0.0930. The third kappa shape index (κ3) is 5.63. The summed E-state index contributed by atoms with van der Waals surface area (Å²) in [6.07, 6.45) is -0.0326. The molecular formula is C15H22N2O4. The summed E-state index contributed by atoms with van der Waals surface area (Å²) in [5.41, 5.74) is 0.600. The molecule has 6 nitrogen and oxygen atoms in total. The van der Waals surface area contributed by atoms with Crippen molar-refractivity contribution in [2.75, 3.05) is 40.5 Å². The van der Waals surface area contributed by atoms with Gasteiger partial charge in [-0.25, -0.2) is 0 Å². The Labute approximate surface area is 125 Å². The average molecular weight is 294 g/mol. The Bertz CT molecular complexity index is 419. The molecule has 1 fully saturated rings. The number of methoxy groups -OCH3 is 1. The number of ketones is 1. The van der Waals surface area contributed by atoms with Crippen LogP contribution in [-0.4, -0.2) is 63.8 Å². The van der Waals surface area contributed by atoms with Gasteiger partial charge >= 0.3 is 0 Å². The number of ether oxygens (including phenoxy) is 2. The third-order valence-electron chi connectivity index (χ3n) is 2.94. The van der Waals surface area contributed by atoms with E-state index < -0.39 is 6.17 Å². The normalized spacial score (nSPS) is 16.3. The van der Waals surface area contributed by atoms with Crippen LogP contribution in [0.25, 0.3) is 0 Å². The molecule has 0 radical (unpaired) electrons. The van der Waals surface area contributed by atoms with Crippen LogP contribution < -0.4 is 5.32 Å². The second kappa shape index (κ2) is 10.0. The van der Waals surface area contributed by atoms with E-state index in [2.05, 4.69) is 10.1 Å². The first-order valence-corrected chi connectivity index (χ1v) is 6.75. The Morgan fingerprint density at radius 1 is 1.29 bits per heavy atom. The molecule has 1 atom stereocenters. The van der Waals surface area contributed by atoms with Gasteiger partial charge in [0.05, 0.1) is 13.2 Å². The van der Waals surface area contributed by atoms with Crippen LogP contribution >= 0.6 is 0 Å². The van der Waals surface area contributed by atoms with E-state index in [1.807, 2.05) is 23.1 Å². The predicted molar refractivity (Wildman–Crippen MR) is 79.1 cm³/mol. The first-order valence-electron chi connectivity index (χ1n) is 6.75. The quantitative estimate of drug-likeness (QED) is 0.634. The van der Waals surface area contributed by atoms with Crippen LogP contribution in [0.2, 0.25) is 0 Å². The Balaban J connectivity index is 0.000000677. The van der Waals surface area contributed by atoms with Gasteiger partial charge in [-0.15, -0.1) is 0 Å². The number of benzene rings is 1. The molecule has 1 aliphatic heterocycles. The fourth-order valence-electron chi connectivity index (χ4n) is 2.01. The standard InChI is InChI=1S/C13H16N2O3.C2H6O/c16-10-14-13(15-6-8-18-9-7-15)12(17)11-4-2-1-3-5-11;1-3-2/h1-5,10,13H,6-9H2,(H,14,16);1-2H3.